The van der Waals surface area contributed by atoms with Crippen LogP contribution in [0.25, 0.3) is 17.4 Å². The highest BCUT2D eigenvalue weighted by atomic mass is 35.5. The molecule has 2 aromatic carbocycles. The van der Waals surface area contributed by atoms with Crippen LogP contribution < -0.4 is 10.1 Å². The molecular formula is C22H17ClN2O3S. The van der Waals surface area contributed by atoms with Gasteiger partial charge in [0.15, 0.2) is 5.17 Å². The normalized spacial score (nSPS) is 16.4. The van der Waals surface area contributed by atoms with E-state index in [1.54, 1.807) is 18.2 Å². The van der Waals surface area contributed by atoms with Crippen molar-refractivity contribution in [1.29, 1.82) is 0 Å². The molecule has 5 nitrogen and oxygen atoms in total. The van der Waals surface area contributed by atoms with Crippen LogP contribution in [0, 0.1) is 0 Å². The number of aliphatic imine (C=N–C) groups is 1. The van der Waals surface area contributed by atoms with Gasteiger partial charge in [-0.25, -0.2) is 4.99 Å². The van der Waals surface area contributed by atoms with Crippen molar-refractivity contribution in [1.82, 2.24) is 5.32 Å². The number of nitrogens with one attached hydrogen (secondary N) is 1. The number of halogens is 1. The molecule has 1 saturated heterocycles. The minimum absolute atomic E-state index is 0.224. The topological polar surface area (TPSA) is 63.8 Å². The number of amides is 1. The van der Waals surface area contributed by atoms with Crippen molar-refractivity contribution in [2.45, 2.75) is 6.92 Å². The highest BCUT2D eigenvalue weighted by molar-refractivity contribution is 8.18. The fraction of sp³-hybridized carbons (Fsp3) is 0.0909. The second kappa shape index (κ2) is 8.59. The fourth-order valence-corrected chi connectivity index (χ4v) is 3.83. The van der Waals surface area contributed by atoms with Gasteiger partial charge < -0.3 is 14.5 Å². The number of hydrogen-bond acceptors (Lipinski definition) is 5. The van der Waals surface area contributed by atoms with E-state index >= 15 is 0 Å². The lowest BCUT2D eigenvalue weighted by atomic mass is 10.2. The van der Waals surface area contributed by atoms with E-state index in [4.69, 9.17) is 20.8 Å². The molecule has 1 amide bonds. The highest BCUT2D eigenvalue weighted by Crippen LogP contribution is 2.34. The zero-order chi connectivity index (χ0) is 20.2. The Labute approximate surface area is 177 Å². The van der Waals surface area contributed by atoms with Gasteiger partial charge in [0.1, 0.15) is 23.0 Å². The van der Waals surface area contributed by atoms with Gasteiger partial charge in [0.2, 0.25) is 0 Å². The maximum atomic E-state index is 12.3. The van der Waals surface area contributed by atoms with E-state index in [0.29, 0.717) is 44.7 Å². The second-order valence-electron chi connectivity index (χ2n) is 6.06. The van der Waals surface area contributed by atoms with Gasteiger partial charge in [-0.1, -0.05) is 35.9 Å². The number of benzene rings is 2. The molecule has 3 aromatic rings. The van der Waals surface area contributed by atoms with Crippen LogP contribution in [0.2, 0.25) is 5.02 Å². The van der Waals surface area contributed by atoms with Gasteiger partial charge in [-0.15, -0.1) is 0 Å². The Morgan fingerprint density at radius 2 is 1.93 bits per heavy atom. The number of nitrogens with zero attached hydrogens (tertiary/aromatic N) is 1. The summed E-state index contributed by atoms with van der Waals surface area (Å²) >= 11 is 7.48. The van der Waals surface area contributed by atoms with Gasteiger partial charge in [0, 0.05) is 11.6 Å². The van der Waals surface area contributed by atoms with Crippen molar-refractivity contribution in [3.05, 3.63) is 76.4 Å². The summed E-state index contributed by atoms with van der Waals surface area (Å²) in [4.78, 5) is 17.4. The van der Waals surface area contributed by atoms with E-state index < -0.39 is 0 Å². The fourth-order valence-electron chi connectivity index (χ4n) is 2.78. The van der Waals surface area contributed by atoms with E-state index in [-0.39, 0.29) is 5.91 Å². The van der Waals surface area contributed by atoms with E-state index in [2.05, 4.69) is 10.3 Å². The molecule has 1 aromatic heterocycles. The van der Waals surface area contributed by atoms with Crippen molar-refractivity contribution >= 4 is 46.2 Å². The number of rotatable bonds is 5. The molecular weight excluding hydrogens is 408 g/mol. The lowest BCUT2D eigenvalue weighted by Crippen LogP contribution is -2.19. The lowest BCUT2D eigenvalue weighted by molar-refractivity contribution is -0.115. The van der Waals surface area contributed by atoms with Crippen LogP contribution >= 0.6 is 23.4 Å². The molecule has 0 bridgehead atoms. The first-order valence-corrected chi connectivity index (χ1v) is 10.2. The molecule has 0 atom stereocenters. The Morgan fingerprint density at radius 1 is 1.14 bits per heavy atom. The molecule has 0 radical (unpaired) electrons. The van der Waals surface area contributed by atoms with E-state index in [0.717, 1.165) is 5.56 Å². The van der Waals surface area contributed by atoms with Crippen molar-refractivity contribution in [2.24, 2.45) is 4.99 Å². The predicted molar refractivity (Wildman–Crippen MR) is 118 cm³/mol. The van der Waals surface area contributed by atoms with Crippen molar-refractivity contribution in [3.8, 4) is 17.1 Å². The van der Waals surface area contributed by atoms with Crippen LogP contribution in [0.4, 0.5) is 5.69 Å². The summed E-state index contributed by atoms with van der Waals surface area (Å²) in [6.45, 7) is 2.45. The molecule has 2 heterocycles. The summed E-state index contributed by atoms with van der Waals surface area (Å²) in [6, 6.07) is 18.5. The summed E-state index contributed by atoms with van der Waals surface area (Å²) < 4.78 is 11.4. The van der Waals surface area contributed by atoms with Crippen LogP contribution in [0.5, 0.6) is 5.75 Å². The Hall–Kier alpha value is -2.96. The molecule has 0 unspecified atom stereocenters. The summed E-state index contributed by atoms with van der Waals surface area (Å²) in [5, 5.41) is 3.88. The third-order valence-corrected chi connectivity index (χ3v) is 5.32. The molecule has 0 aliphatic carbocycles. The largest absolute Gasteiger partial charge is 0.492 e. The minimum Gasteiger partial charge on any atom is -0.492 e. The Balaban J connectivity index is 1.56. The van der Waals surface area contributed by atoms with Gasteiger partial charge in [-0.3, -0.25) is 4.79 Å². The number of carbonyl (C=O) groups excluding carboxylic acids is 1. The van der Waals surface area contributed by atoms with Crippen LogP contribution in [-0.2, 0) is 4.79 Å². The summed E-state index contributed by atoms with van der Waals surface area (Å²) in [5.74, 6) is 1.66. The minimum atomic E-state index is -0.224. The number of ether oxygens (including phenoxy) is 1. The predicted octanol–water partition coefficient (Wildman–Crippen LogP) is 5.89. The zero-order valence-electron chi connectivity index (χ0n) is 15.5. The second-order valence-corrected chi connectivity index (χ2v) is 7.50. The van der Waals surface area contributed by atoms with Gasteiger partial charge in [0.25, 0.3) is 5.91 Å². The summed E-state index contributed by atoms with van der Waals surface area (Å²) in [5.41, 5.74) is 1.47. The monoisotopic (exact) mass is 424 g/mol. The molecule has 1 aliphatic rings. The van der Waals surface area contributed by atoms with Crippen LogP contribution in [0.1, 0.15) is 12.7 Å². The van der Waals surface area contributed by atoms with E-state index in [9.17, 15) is 4.79 Å². The highest BCUT2D eigenvalue weighted by Gasteiger charge is 2.24. The first-order valence-electron chi connectivity index (χ1n) is 9.00. The molecule has 29 heavy (non-hydrogen) atoms. The van der Waals surface area contributed by atoms with Crippen molar-refractivity contribution in [2.75, 3.05) is 6.61 Å². The number of thioether (sulfide) groups is 1. The first kappa shape index (κ1) is 19.4. The first-order chi connectivity index (χ1) is 14.1. The average Bonchev–Trinajstić information content (AvgIpc) is 3.31. The maximum Gasteiger partial charge on any atom is 0.264 e. The molecule has 1 fully saturated rings. The Bertz CT molecular complexity index is 1120. The van der Waals surface area contributed by atoms with Gasteiger partial charge in [0.05, 0.1) is 16.5 Å². The van der Waals surface area contributed by atoms with Crippen molar-refractivity contribution < 1.29 is 13.9 Å². The quantitative estimate of drug-likeness (QED) is 0.518. The van der Waals surface area contributed by atoms with Gasteiger partial charge >= 0.3 is 0 Å². The van der Waals surface area contributed by atoms with E-state index in [1.807, 2.05) is 55.5 Å². The zero-order valence-corrected chi connectivity index (χ0v) is 17.1. The molecule has 146 valence electrons. The molecule has 0 saturated carbocycles. The average molecular weight is 425 g/mol. The van der Waals surface area contributed by atoms with Crippen molar-refractivity contribution in [3.63, 3.8) is 0 Å². The molecule has 7 heteroatoms. The third kappa shape index (κ3) is 4.39. The standard InChI is InChI=1S/C22H17ClN2O3S/c1-2-27-19-10-6-5-9-17(19)24-22-25-21(26)20(29-22)13-14-11-12-18(28-14)15-7-3-4-8-16(15)23/h3-13H,2H2,1H3,(H,24,25,26). The van der Waals surface area contributed by atoms with Gasteiger partial charge in [-0.05, 0) is 55.1 Å². The maximum absolute atomic E-state index is 12.3. The number of furan rings is 1. The SMILES string of the molecule is CCOc1ccccc1N=C1NC(=O)C(=Cc2ccc(-c3ccccc3Cl)o2)S1. The summed E-state index contributed by atoms with van der Waals surface area (Å²) in [7, 11) is 0. The molecule has 4 rings (SSSR count). The molecule has 1 N–H and O–H groups in total. The number of hydrogen-bond donors (Lipinski definition) is 1. The molecule has 1 aliphatic heterocycles. The number of para-hydroxylation sites is 2. The number of carbonyl (C=O) groups is 1. The molecule has 0 spiro atoms. The van der Waals surface area contributed by atoms with Crippen LogP contribution in [0.15, 0.2) is 75.0 Å². The van der Waals surface area contributed by atoms with Crippen LogP contribution in [-0.4, -0.2) is 17.7 Å². The van der Waals surface area contributed by atoms with Crippen LogP contribution in [0.3, 0.4) is 0 Å². The Morgan fingerprint density at radius 3 is 2.76 bits per heavy atom. The van der Waals surface area contributed by atoms with Gasteiger partial charge in [-0.2, -0.15) is 0 Å². The lowest BCUT2D eigenvalue weighted by Gasteiger charge is -2.06. The Kier molecular flexibility index (Phi) is 5.74. The van der Waals surface area contributed by atoms with E-state index in [1.165, 1.54) is 11.8 Å². The summed E-state index contributed by atoms with van der Waals surface area (Å²) in [6.07, 6.45) is 1.69. The smallest absolute Gasteiger partial charge is 0.264 e. The number of amidine groups is 1. The third-order valence-electron chi connectivity index (χ3n) is 4.08.